The molecule has 1 aliphatic carbocycles. The van der Waals surface area contributed by atoms with Crippen molar-refractivity contribution in [2.24, 2.45) is 0 Å². The van der Waals surface area contributed by atoms with E-state index in [-0.39, 0.29) is 17.3 Å². The summed E-state index contributed by atoms with van der Waals surface area (Å²) in [5.41, 5.74) is 0.205. The zero-order chi connectivity index (χ0) is 15.4. The highest BCUT2D eigenvalue weighted by Crippen LogP contribution is 2.31. The van der Waals surface area contributed by atoms with E-state index in [9.17, 15) is 20.0 Å². The molecule has 2 rings (SSSR count). The molecule has 2 atom stereocenters. The van der Waals surface area contributed by atoms with Crippen molar-refractivity contribution in [3.8, 4) is 0 Å². The lowest BCUT2D eigenvalue weighted by Crippen LogP contribution is -2.34. The summed E-state index contributed by atoms with van der Waals surface area (Å²) < 4.78 is 0. The average molecular weight is 310 g/mol. The number of rotatable bonds is 5. The van der Waals surface area contributed by atoms with Crippen LogP contribution < -0.4 is 5.32 Å². The van der Waals surface area contributed by atoms with E-state index in [2.05, 4.69) is 11.6 Å². The molecule has 0 amide bonds. The Bertz CT molecular complexity index is 550. The number of non-ortho nitro benzene ring substituents is 1. The first-order valence-corrected chi connectivity index (χ1v) is 8.12. The minimum atomic E-state index is -1.15. The van der Waals surface area contributed by atoms with Gasteiger partial charge in [0, 0.05) is 29.1 Å². The number of nitro groups is 1. The summed E-state index contributed by atoms with van der Waals surface area (Å²) in [5.74, 6) is -1.15. The molecule has 21 heavy (non-hydrogen) atoms. The van der Waals surface area contributed by atoms with Crippen LogP contribution in [0.1, 0.15) is 36.0 Å². The Labute approximate surface area is 127 Å². The molecule has 1 saturated carbocycles. The van der Waals surface area contributed by atoms with E-state index in [1.165, 1.54) is 18.6 Å². The van der Waals surface area contributed by atoms with Crippen molar-refractivity contribution < 1.29 is 14.8 Å². The molecule has 1 aromatic carbocycles. The standard InChI is InChI=1S/C14H18N2O4S/c1-21-13-5-3-2-4-12(13)15-11-7-6-9(16(19)20)8-10(11)14(17)18/h6-8,12-13,15H,2-5H2,1H3,(H,17,18). The molecule has 2 unspecified atom stereocenters. The Hall–Kier alpha value is -1.76. The number of carboxylic acids is 1. The van der Waals surface area contributed by atoms with E-state index < -0.39 is 10.9 Å². The molecule has 0 heterocycles. The molecular weight excluding hydrogens is 292 g/mol. The van der Waals surface area contributed by atoms with Gasteiger partial charge in [0.15, 0.2) is 0 Å². The van der Waals surface area contributed by atoms with Crippen molar-refractivity contribution in [3.05, 3.63) is 33.9 Å². The highest BCUT2D eigenvalue weighted by molar-refractivity contribution is 7.99. The molecular formula is C14H18N2O4S. The van der Waals surface area contributed by atoms with Crippen LogP contribution >= 0.6 is 11.8 Å². The van der Waals surface area contributed by atoms with E-state index in [1.807, 2.05) is 0 Å². The molecule has 2 N–H and O–H groups in total. The van der Waals surface area contributed by atoms with Crippen LogP contribution in [0.2, 0.25) is 0 Å². The van der Waals surface area contributed by atoms with Crippen molar-refractivity contribution in [3.63, 3.8) is 0 Å². The first-order chi connectivity index (χ1) is 10.0. The second kappa shape index (κ2) is 6.80. The molecule has 7 heteroatoms. The first kappa shape index (κ1) is 15.6. The lowest BCUT2D eigenvalue weighted by Gasteiger charge is -2.32. The molecule has 1 aliphatic rings. The van der Waals surface area contributed by atoms with Crippen molar-refractivity contribution in [2.45, 2.75) is 37.0 Å². The number of benzene rings is 1. The van der Waals surface area contributed by atoms with Crippen molar-refractivity contribution >= 4 is 29.1 Å². The smallest absolute Gasteiger partial charge is 0.338 e. The molecule has 0 bridgehead atoms. The number of carbonyl (C=O) groups is 1. The zero-order valence-corrected chi connectivity index (χ0v) is 12.6. The molecule has 1 fully saturated rings. The summed E-state index contributed by atoms with van der Waals surface area (Å²) in [5, 5.41) is 23.7. The number of aromatic carboxylic acids is 1. The highest BCUT2D eigenvalue weighted by Gasteiger charge is 2.26. The second-order valence-electron chi connectivity index (χ2n) is 5.10. The average Bonchev–Trinajstić information content (AvgIpc) is 2.47. The summed E-state index contributed by atoms with van der Waals surface area (Å²) >= 11 is 1.78. The molecule has 0 saturated heterocycles. The van der Waals surface area contributed by atoms with Crippen LogP contribution in [0.4, 0.5) is 11.4 Å². The van der Waals surface area contributed by atoms with Crippen molar-refractivity contribution in [1.82, 2.24) is 0 Å². The first-order valence-electron chi connectivity index (χ1n) is 6.84. The van der Waals surface area contributed by atoms with Gasteiger partial charge in [0.05, 0.1) is 10.5 Å². The summed E-state index contributed by atoms with van der Waals surface area (Å²) in [7, 11) is 0. The quantitative estimate of drug-likeness (QED) is 0.640. The van der Waals surface area contributed by atoms with Gasteiger partial charge in [-0.05, 0) is 25.2 Å². The van der Waals surface area contributed by atoms with E-state index in [0.717, 1.165) is 25.3 Å². The van der Waals surface area contributed by atoms with Gasteiger partial charge in [-0.15, -0.1) is 0 Å². The van der Waals surface area contributed by atoms with Gasteiger partial charge in [-0.3, -0.25) is 10.1 Å². The van der Waals surface area contributed by atoms with Crippen LogP contribution in [-0.2, 0) is 0 Å². The van der Waals surface area contributed by atoms with E-state index in [1.54, 1.807) is 11.8 Å². The summed E-state index contributed by atoms with van der Waals surface area (Å²) in [6.45, 7) is 0. The van der Waals surface area contributed by atoms with Gasteiger partial charge in [-0.2, -0.15) is 11.8 Å². The number of nitrogens with one attached hydrogen (secondary N) is 1. The fourth-order valence-electron chi connectivity index (χ4n) is 2.69. The third kappa shape index (κ3) is 3.66. The molecule has 0 aromatic heterocycles. The number of carboxylic acid groups (broad SMARTS) is 1. The number of anilines is 1. The van der Waals surface area contributed by atoms with E-state index in [0.29, 0.717) is 10.9 Å². The SMILES string of the molecule is CSC1CCCCC1Nc1ccc([N+](=O)[O-])cc1C(=O)O. The Morgan fingerprint density at radius 1 is 1.43 bits per heavy atom. The van der Waals surface area contributed by atoms with Gasteiger partial charge in [0.1, 0.15) is 0 Å². The predicted octanol–water partition coefficient (Wildman–Crippen LogP) is 3.38. The summed E-state index contributed by atoms with van der Waals surface area (Å²) in [6, 6.07) is 4.15. The van der Waals surface area contributed by atoms with Gasteiger partial charge >= 0.3 is 5.97 Å². The number of nitrogens with zero attached hydrogens (tertiary/aromatic N) is 1. The maximum atomic E-state index is 11.3. The zero-order valence-electron chi connectivity index (χ0n) is 11.7. The highest BCUT2D eigenvalue weighted by atomic mass is 32.2. The largest absolute Gasteiger partial charge is 0.478 e. The maximum Gasteiger partial charge on any atom is 0.338 e. The van der Waals surface area contributed by atoms with Crippen LogP contribution in [0, 0.1) is 10.1 Å². The number of hydrogen-bond acceptors (Lipinski definition) is 5. The fraction of sp³-hybridized carbons (Fsp3) is 0.500. The lowest BCUT2D eigenvalue weighted by atomic mass is 9.94. The summed E-state index contributed by atoms with van der Waals surface area (Å²) in [6.07, 6.45) is 6.45. The van der Waals surface area contributed by atoms with Gasteiger partial charge in [-0.25, -0.2) is 4.79 Å². The number of nitro benzene ring substituents is 1. The monoisotopic (exact) mass is 310 g/mol. The van der Waals surface area contributed by atoms with Crippen LogP contribution in [0.3, 0.4) is 0 Å². The van der Waals surface area contributed by atoms with Crippen LogP contribution in [-0.4, -0.2) is 33.5 Å². The third-order valence-electron chi connectivity index (χ3n) is 3.79. The van der Waals surface area contributed by atoms with Gasteiger partial charge in [-0.1, -0.05) is 12.8 Å². The third-order valence-corrected chi connectivity index (χ3v) is 4.96. The second-order valence-corrected chi connectivity index (χ2v) is 6.18. The molecule has 114 valence electrons. The molecule has 0 radical (unpaired) electrons. The number of hydrogen-bond donors (Lipinski definition) is 2. The number of thioether (sulfide) groups is 1. The topological polar surface area (TPSA) is 92.5 Å². The Balaban J connectivity index is 2.26. The van der Waals surface area contributed by atoms with Gasteiger partial charge in [0.25, 0.3) is 5.69 Å². The Kier molecular flexibility index (Phi) is 5.06. The minimum Gasteiger partial charge on any atom is -0.478 e. The minimum absolute atomic E-state index is 0.0466. The maximum absolute atomic E-state index is 11.3. The lowest BCUT2D eigenvalue weighted by molar-refractivity contribution is -0.384. The van der Waals surface area contributed by atoms with Crippen molar-refractivity contribution in [2.75, 3.05) is 11.6 Å². The van der Waals surface area contributed by atoms with Gasteiger partial charge < -0.3 is 10.4 Å². The molecule has 1 aromatic rings. The molecule has 0 spiro atoms. The predicted molar refractivity (Wildman–Crippen MR) is 83.2 cm³/mol. The van der Waals surface area contributed by atoms with Crippen LogP contribution in [0.25, 0.3) is 0 Å². The Morgan fingerprint density at radius 2 is 2.14 bits per heavy atom. The Morgan fingerprint density at radius 3 is 2.76 bits per heavy atom. The van der Waals surface area contributed by atoms with Crippen LogP contribution in [0.15, 0.2) is 18.2 Å². The summed E-state index contributed by atoms with van der Waals surface area (Å²) in [4.78, 5) is 21.5. The molecule has 0 aliphatic heterocycles. The van der Waals surface area contributed by atoms with Crippen LogP contribution in [0.5, 0.6) is 0 Å². The van der Waals surface area contributed by atoms with E-state index >= 15 is 0 Å². The normalized spacial score (nSPS) is 21.8. The van der Waals surface area contributed by atoms with Gasteiger partial charge in [0.2, 0.25) is 0 Å². The molecule has 6 nitrogen and oxygen atoms in total. The van der Waals surface area contributed by atoms with E-state index in [4.69, 9.17) is 0 Å². The fourth-order valence-corrected chi connectivity index (χ4v) is 3.63. The van der Waals surface area contributed by atoms with Crippen molar-refractivity contribution in [1.29, 1.82) is 0 Å².